The molecule has 4 rings (SSSR count). The molecule has 1 aliphatic heterocycles. The third-order valence-electron chi connectivity index (χ3n) is 3.86. The van der Waals surface area contributed by atoms with E-state index in [1.165, 1.54) is 5.56 Å². The average molecular weight is 364 g/mol. The number of carbonyl (C=O) groups is 1. The van der Waals surface area contributed by atoms with Crippen LogP contribution >= 0.6 is 23.7 Å². The van der Waals surface area contributed by atoms with Crippen molar-refractivity contribution in [2.24, 2.45) is 0 Å². The summed E-state index contributed by atoms with van der Waals surface area (Å²) in [6, 6.07) is 24.1. The van der Waals surface area contributed by atoms with Crippen molar-refractivity contribution >= 4 is 35.3 Å². The van der Waals surface area contributed by atoms with Crippen LogP contribution in [0.5, 0.6) is 0 Å². The molecule has 0 saturated carbocycles. The Kier molecular flexibility index (Phi) is 4.78. The zero-order valence-electron chi connectivity index (χ0n) is 13.4. The molecular formula is C20H16N2OS2. The number of carbonyl (C=O) groups excluding carboxylic acids is 1. The first-order valence-electron chi connectivity index (χ1n) is 7.95. The van der Waals surface area contributed by atoms with E-state index >= 15 is 0 Å². The molecule has 1 amide bonds. The molecule has 1 heterocycles. The van der Waals surface area contributed by atoms with E-state index in [-0.39, 0.29) is 5.91 Å². The first-order chi connectivity index (χ1) is 12.3. The van der Waals surface area contributed by atoms with E-state index in [1.807, 2.05) is 48.5 Å². The quantitative estimate of drug-likeness (QED) is 0.624. The smallest absolute Gasteiger partial charge is 0.256 e. The molecule has 0 saturated heterocycles. The summed E-state index contributed by atoms with van der Waals surface area (Å²) in [6.07, 6.45) is 0. The molecule has 0 aliphatic carbocycles. The molecule has 0 atom stereocenters. The van der Waals surface area contributed by atoms with Gasteiger partial charge in [0.15, 0.2) is 0 Å². The molecule has 3 aromatic carbocycles. The molecule has 2 N–H and O–H groups in total. The highest BCUT2D eigenvalue weighted by atomic mass is 32.2. The van der Waals surface area contributed by atoms with Crippen LogP contribution in [-0.2, 0) is 6.54 Å². The average Bonchev–Trinajstić information content (AvgIpc) is 2.78. The first-order valence-corrected chi connectivity index (χ1v) is 9.59. The van der Waals surface area contributed by atoms with E-state index in [4.69, 9.17) is 0 Å². The topological polar surface area (TPSA) is 41.1 Å². The lowest BCUT2D eigenvalue weighted by Crippen LogP contribution is -2.11. The summed E-state index contributed by atoms with van der Waals surface area (Å²) in [5.41, 5.74) is 2.82. The van der Waals surface area contributed by atoms with Crippen LogP contribution in [0.15, 0.2) is 87.5 Å². The summed E-state index contributed by atoms with van der Waals surface area (Å²) in [6.45, 7) is 0.787. The van der Waals surface area contributed by atoms with Crippen molar-refractivity contribution in [3.63, 3.8) is 0 Å². The molecule has 3 aromatic rings. The Morgan fingerprint density at radius 3 is 2.60 bits per heavy atom. The highest BCUT2D eigenvalue weighted by molar-refractivity contribution is 7.99. The summed E-state index contributed by atoms with van der Waals surface area (Å²) >= 11 is 3.19. The Morgan fingerprint density at radius 2 is 1.72 bits per heavy atom. The lowest BCUT2D eigenvalue weighted by Gasteiger charge is -2.09. The number of hydrogen-bond donors (Lipinski definition) is 2. The van der Waals surface area contributed by atoms with Crippen molar-refractivity contribution in [3.8, 4) is 0 Å². The van der Waals surface area contributed by atoms with Gasteiger partial charge in [0.2, 0.25) is 0 Å². The molecule has 124 valence electrons. The van der Waals surface area contributed by atoms with E-state index in [1.54, 1.807) is 23.7 Å². The van der Waals surface area contributed by atoms with E-state index in [0.717, 1.165) is 32.5 Å². The zero-order valence-corrected chi connectivity index (χ0v) is 15.0. The predicted molar refractivity (Wildman–Crippen MR) is 104 cm³/mol. The van der Waals surface area contributed by atoms with Crippen LogP contribution in [-0.4, -0.2) is 5.91 Å². The van der Waals surface area contributed by atoms with Crippen molar-refractivity contribution in [2.45, 2.75) is 21.2 Å². The third kappa shape index (κ3) is 3.74. The molecule has 0 bridgehead atoms. The van der Waals surface area contributed by atoms with Gasteiger partial charge in [-0.15, -0.1) is 0 Å². The third-order valence-corrected chi connectivity index (χ3v) is 5.79. The molecule has 0 unspecified atom stereocenters. The molecule has 5 heteroatoms. The van der Waals surface area contributed by atoms with Crippen molar-refractivity contribution in [2.75, 3.05) is 5.32 Å². The lowest BCUT2D eigenvalue weighted by atomic mass is 10.2. The molecule has 0 spiro atoms. The van der Waals surface area contributed by atoms with E-state index < -0.39 is 0 Å². The highest BCUT2D eigenvalue weighted by Gasteiger charge is 2.19. The van der Waals surface area contributed by atoms with Gasteiger partial charge in [0.05, 0.1) is 11.3 Å². The Balaban J connectivity index is 1.49. The van der Waals surface area contributed by atoms with Crippen LogP contribution in [0.2, 0.25) is 0 Å². The molecular weight excluding hydrogens is 348 g/mol. The monoisotopic (exact) mass is 364 g/mol. The first kappa shape index (κ1) is 16.3. The minimum Gasteiger partial charge on any atom is -0.321 e. The molecule has 0 fully saturated rings. The number of fused-ring (bicyclic) bond motifs is 2. The van der Waals surface area contributed by atoms with E-state index in [0.29, 0.717) is 0 Å². The highest BCUT2D eigenvalue weighted by Crippen LogP contribution is 2.39. The Bertz CT molecular complexity index is 913. The largest absolute Gasteiger partial charge is 0.321 e. The second-order valence-electron chi connectivity index (χ2n) is 5.62. The lowest BCUT2D eigenvalue weighted by molar-refractivity contribution is 0.102. The van der Waals surface area contributed by atoms with Gasteiger partial charge in [-0.1, -0.05) is 54.2 Å². The van der Waals surface area contributed by atoms with Gasteiger partial charge in [-0.25, -0.2) is 0 Å². The van der Waals surface area contributed by atoms with Gasteiger partial charge in [-0.2, -0.15) is 0 Å². The van der Waals surface area contributed by atoms with Gasteiger partial charge < -0.3 is 5.32 Å². The summed E-state index contributed by atoms with van der Waals surface area (Å²) in [5.74, 6) is -0.0544. The maximum absolute atomic E-state index is 12.4. The summed E-state index contributed by atoms with van der Waals surface area (Å²) in [4.78, 5) is 15.6. The van der Waals surface area contributed by atoms with Crippen molar-refractivity contribution in [1.82, 2.24) is 4.72 Å². The zero-order chi connectivity index (χ0) is 17.1. The maximum atomic E-state index is 12.4. The fourth-order valence-electron chi connectivity index (χ4n) is 2.61. The van der Waals surface area contributed by atoms with Crippen LogP contribution in [0, 0.1) is 0 Å². The number of benzene rings is 3. The summed E-state index contributed by atoms with van der Waals surface area (Å²) in [7, 11) is 0. The van der Waals surface area contributed by atoms with Crippen LogP contribution in [0.25, 0.3) is 0 Å². The van der Waals surface area contributed by atoms with Crippen LogP contribution in [0.3, 0.4) is 0 Å². The molecule has 0 radical (unpaired) electrons. The van der Waals surface area contributed by atoms with Crippen molar-refractivity contribution in [3.05, 3.63) is 83.9 Å². The van der Waals surface area contributed by atoms with Crippen molar-refractivity contribution < 1.29 is 4.79 Å². The fraction of sp³-hybridized carbons (Fsp3) is 0.0500. The molecule has 25 heavy (non-hydrogen) atoms. The second kappa shape index (κ2) is 7.35. The Hall–Kier alpha value is -2.21. The molecule has 3 nitrogen and oxygen atoms in total. The minimum atomic E-state index is -0.0544. The fourth-order valence-corrected chi connectivity index (χ4v) is 4.34. The van der Waals surface area contributed by atoms with E-state index in [2.05, 4.69) is 34.3 Å². The van der Waals surface area contributed by atoms with Crippen molar-refractivity contribution in [1.29, 1.82) is 0 Å². The van der Waals surface area contributed by atoms with Gasteiger partial charge in [-0.05, 0) is 47.8 Å². The summed E-state index contributed by atoms with van der Waals surface area (Å²) < 4.78 is 3.37. The Labute approximate surface area is 155 Å². The predicted octanol–water partition coefficient (Wildman–Crippen LogP) is 5.20. The minimum absolute atomic E-state index is 0.0544. The maximum Gasteiger partial charge on any atom is 0.256 e. The summed E-state index contributed by atoms with van der Waals surface area (Å²) in [5, 5.41) is 3.03. The number of anilines is 1. The Morgan fingerprint density at radius 1 is 0.920 bits per heavy atom. The van der Waals surface area contributed by atoms with Gasteiger partial charge in [0.1, 0.15) is 0 Å². The standard InChI is InChI=1S/C20H16N2OS2/c23-20-16-8-4-5-9-18(16)24-19-11-10-15(12-17(19)22-20)25-21-13-14-6-2-1-3-7-14/h1-12,21H,13H2,(H,22,23). The molecule has 0 aromatic heterocycles. The molecule has 1 aliphatic rings. The number of amides is 1. The SMILES string of the molecule is O=C1Nc2cc(SNCc3ccccc3)ccc2Sc2ccccc21. The van der Waals surface area contributed by atoms with Crippen LogP contribution in [0.1, 0.15) is 15.9 Å². The van der Waals surface area contributed by atoms with Gasteiger partial charge in [-0.3, -0.25) is 9.52 Å². The van der Waals surface area contributed by atoms with E-state index in [9.17, 15) is 4.79 Å². The normalized spacial score (nSPS) is 12.7. The number of rotatable bonds is 4. The van der Waals surface area contributed by atoms with Gasteiger partial charge in [0.25, 0.3) is 5.91 Å². The van der Waals surface area contributed by atoms with Gasteiger partial charge >= 0.3 is 0 Å². The van der Waals surface area contributed by atoms with Crippen LogP contribution in [0.4, 0.5) is 5.69 Å². The van der Waals surface area contributed by atoms with Crippen LogP contribution < -0.4 is 10.0 Å². The number of hydrogen-bond acceptors (Lipinski definition) is 4. The number of nitrogens with one attached hydrogen (secondary N) is 2. The van der Waals surface area contributed by atoms with Gasteiger partial charge in [0, 0.05) is 21.2 Å². The second-order valence-corrected chi connectivity index (χ2v) is 7.67.